The third-order valence-electron chi connectivity index (χ3n) is 6.74. The van der Waals surface area contributed by atoms with Gasteiger partial charge >= 0.3 is 6.47 Å². The van der Waals surface area contributed by atoms with Gasteiger partial charge in [0.05, 0.1) is 10.7 Å². The number of carbonyl (C=O) groups excluding carboxylic acids is 1. The lowest BCUT2D eigenvalue weighted by molar-refractivity contribution is -0.128. The molecule has 0 amide bonds. The number of halogens is 2. The minimum Gasteiger partial charge on any atom is -0.379 e. The SMILES string of the molecule is Cc1cccc([C@H]2CC[C@H](Nc3cc(F)c(S(=O)(=O)N(OC=O)c4ccncn4)cc3Cl)[C@@H](N(C)C)C2)c1. The summed E-state index contributed by atoms with van der Waals surface area (Å²) in [5, 5.41) is 3.35. The molecule has 1 fully saturated rings. The molecule has 0 unspecified atom stereocenters. The van der Waals surface area contributed by atoms with Crippen molar-refractivity contribution in [1.82, 2.24) is 14.9 Å². The number of sulfonamides is 1. The fraction of sp³-hybridized carbons (Fsp3) is 0.346. The van der Waals surface area contributed by atoms with Crippen molar-refractivity contribution in [2.24, 2.45) is 0 Å². The number of hydrogen-bond donors (Lipinski definition) is 1. The highest BCUT2D eigenvalue weighted by molar-refractivity contribution is 7.92. The molecule has 0 radical (unpaired) electrons. The summed E-state index contributed by atoms with van der Waals surface area (Å²) in [6, 6.07) is 11.9. The summed E-state index contributed by atoms with van der Waals surface area (Å²) in [5.74, 6) is -0.935. The van der Waals surface area contributed by atoms with Crippen LogP contribution in [0.25, 0.3) is 0 Å². The fourth-order valence-corrected chi connectivity index (χ4v) is 6.44. The first-order chi connectivity index (χ1) is 18.1. The van der Waals surface area contributed by atoms with Crippen molar-refractivity contribution in [2.45, 2.75) is 49.1 Å². The minimum absolute atomic E-state index is 0.0111. The van der Waals surface area contributed by atoms with Gasteiger partial charge in [-0.15, -0.1) is 0 Å². The van der Waals surface area contributed by atoms with E-state index in [9.17, 15) is 13.2 Å². The van der Waals surface area contributed by atoms with Crippen molar-refractivity contribution in [3.63, 3.8) is 0 Å². The molecule has 0 aliphatic heterocycles. The Kier molecular flexibility index (Phi) is 8.49. The van der Waals surface area contributed by atoms with E-state index in [-0.39, 0.29) is 39.6 Å². The molecule has 0 bridgehead atoms. The van der Waals surface area contributed by atoms with Crippen molar-refractivity contribution >= 4 is 39.6 Å². The number of carbonyl (C=O) groups is 1. The third-order valence-corrected chi connectivity index (χ3v) is 8.64. The molecule has 1 aliphatic carbocycles. The predicted octanol–water partition coefficient (Wildman–Crippen LogP) is 4.54. The molecule has 2 aromatic carbocycles. The predicted molar refractivity (Wildman–Crippen MR) is 143 cm³/mol. The van der Waals surface area contributed by atoms with E-state index in [2.05, 4.69) is 56.2 Å². The largest absolute Gasteiger partial charge is 0.379 e. The van der Waals surface area contributed by atoms with Gasteiger partial charge in [-0.05, 0) is 63.9 Å². The van der Waals surface area contributed by atoms with Crippen LogP contribution in [0.3, 0.4) is 0 Å². The fourth-order valence-electron chi connectivity index (χ4n) is 4.90. The second kappa shape index (κ2) is 11.6. The topological polar surface area (TPSA) is 105 Å². The first kappa shape index (κ1) is 27.7. The van der Waals surface area contributed by atoms with E-state index in [0.717, 1.165) is 37.7 Å². The Hall–Kier alpha value is -3.28. The maximum absolute atomic E-state index is 15.3. The van der Waals surface area contributed by atoms with E-state index in [1.807, 2.05) is 14.1 Å². The number of likely N-dealkylation sites (N-methyl/N-ethyl adjacent to an activating group) is 1. The Morgan fingerprint density at radius 1 is 1.18 bits per heavy atom. The van der Waals surface area contributed by atoms with Gasteiger partial charge in [0.15, 0.2) is 5.82 Å². The van der Waals surface area contributed by atoms with Crippen LogP contribution in [0.2, 0.25) is 5.02 Å². The molecule has 1 heterocycles. The van der Waals surface area contributed by atoms with Crippen LogP contribution in [0, 0.1) is 12.7 Å². The maximum Gasteiger partial charge on any atom is 0.322 e. The van der Waals surface area contributed by atoms with Gasteiger partial charge in [0.1, 0.15) is 17.0 Å². The van der Waals surface area contributed by atoms with Gasteiger partial charge in [-0.1, -0.05) is 45.9 Å². The van der Waals surface area contributed by atoms with Crippen molar-refractivity contribution in [3.8, 4) is 0 Å². The van der Waals surface area contributed by atoms with Crippen molar-refractivity contribution in [2.75, 3.05) is 23.9 Å². The molecule has 3 atom stereocenters. The molecule has 1 N–H and O–H groups in total. The summed E-state index contributed by atoms with van der Waals surface area (Å²) < 4.78 is 41.9. The van der Waals surface area contributed by atoms with Gasteiger partial charge in [0.25, 0.3) is 10.0 Å². The molecule has 202 valence electrons. The van der Waals surface area contributed by atoms with E-state index < -0.39 is 20.7 Å². The molecular formula is C26H29ClFN5O4S. The number of benzene rings is 2. The van der Waals surface area contributed by atoms with E-state index in [4.69, 9.17) is 11.6 Å². The van der Waals surface area contributed by atoms with Gasteiger partial charge in [0.2, 0.25) is 0 Å². The number of anilines is 2. The minimum atomic E-state index is -4.69. The standard InChI is InChI=1S/C26H29ClFN5O4S/c1-17-5-4-6-18(11-17)19-7-8-22(24(12-19)32(2)3)31-23-14-21(28)25(13-20(23)27)38(35,36)33(37-16-34)26-9-10-29-15-30-26/h4-6,9-11,13-16,19,22,24,31H,7-8,12H2,1-3H3/t19-,22-,24-/m0/s1. The van der Waals surface area contributed by atoms with E-state index in [0.29, 0.717) is 5.92 Å². The van der Waals surface area contributed by atoms with Gasteiger partial charge in [-0.3, -0.25) is 4.79 Å². The molecule has 1 aliphatic rings. The summed E-state index contributed by atoms with van der Waals surface area (Å²) in [4.78, 5) is 24.5. The summed E-state index contributed by atoms with van der Waals surface area (Å²) in [6.07, 6.45) is 4.97. The number of aromatic nitrogens is 2. The molecule has 3 aromatic rings. The average molecular weight is 562 g/mol. The van der Waals surface area contributed by atoms with Crippen molar-refractivity contribution in [1.29, 1.82) is 0 Å². The molecule has 1 aromatic heterocycles. The highest BCUT2D eigenvalue weighted by Gasteiger charge is 2.35. The first-order valence-electron chi connectivity index (χ1n) is 12.0. The number of nitrogens with zero attached hydrogens (tertiary/aromatic N) is 4. The number of hydrogen-bond acceptors (Lipinski definition) is 8. The van der Waals surface area contributed by atoms with E-state index >= 15 is 4.39 Å². The van der Waals surface area contributed by atoms with Crippen LogP contribution in [-0.2, 0) is 19.7 Å². The van der Waals surface area contributed by atoms with Crippen molar-refractivity contribution in [3.05, 3.63) is 77.0 Å². The van der Waals surface area contributed by atoms with Crippen LogP contribution in [0.15, 0.2) is 59.9 Å². The molecular weight excluding hydrogens is 533 g/mol. The number of rotatable bonds is 9. The molecule has 1 saturated carbocycles. The average Bonchev–Trinajstić information content (AvgIpc) is 2.89. The zero-order valence-corrected chi connectivity index (χ0v) is 22.8. The van der Waals surface area contributed by atoms with Crippen molar-refractivity contribution < 1.29 is 22.4 Å². The monoisotopic (exact) mass is 561 g/mol. The van der Waals surface area contributed by atoms with Crippen LogP contribution in [0.5, 0.6) is 0 Å². The Morgan fingerprint density at radius 3 is 2.63 bits per heavy atom. The van der Waals surface area contributed by atoms with Gasteiger partial charge in [-0.2, -0.15) is 8.42 Å². The van der Waals surface area contributed by atoms with Crippen LogP contribution in [-0.4, -0.2) is 55.9 Å². The number of aryl methyl sites for hydroxylation is 1. The number of nitrogens with one attached hydrogen (secondary N) is 1. The first-order valence-corrected chi connectivity index (χ1v) is 13.8. The molecule has 38 heavy (non-hydrogen) atoms. The van der Waals surface area contributed by atoms with Gasteiger partial charge < -0.3 is 15.1 Å². The molecule has 12 heteroatoms. The summed E-state index contributed by atoms with van der Waals surface area (Å²) in [5.41, 5.74) is 2.80. The lowest BCUT2D eigenvalue weighted by Gasteiger charge is -2.41. The summed E-state index contributed by atoms with van der Waals surface area (Å²) in [7, 11) is -0.682. The van der Waals surface area contributed by atoms with Crippen LogP contribution < -0.4 is 9.79 Å². The van der Waals surface area contributed by atoms with Crippen LogP contribution >= 0.6 is 11.6 Å². The quantitative estimate of drug-likeness (QED) is 0.300. The Bertz CT molecular complexity index is 1390. The zero-order chi connectivity index (χ0) is 27.4. The molecule has 9 nitrogen and oxygen atoms in total. The smallest absolute Gasteiger partial charge is 0.322 e. The lowest BCUT2D eigenvalue weighted by Crippen LogP contribution is -2.47. The Balaban J connectivity index is 1.58. The van der Waals surface area contributed by atoms with Crippen LogP contribution in [0.4, 0.5) is 15.9 Å². The second-order valence-corrected chi connectivity index (χ2v) is 11.6. The lowest BCUT2D eigenvalue weighted by atomic mass is 9.78. The normalized spacial score (nSPS) is 19.7. The molecule has 0 spiro atoms. The van der Waals surface area contributed by atoms with Gasteiger partial charge in [0, 0.05) is 24.3 Å². The van der Waals surface area contributed by atoms with Gasteiger partial charge in [-0.25, -0.2) is 14.4 Å². The summed E-state index contributed by atoms with van der Waals surface area (Å²) >= 11 is 6.46. The van der Waals surface area contributed by atoms with Crippen LogP contribution in [0.1, 0.15) is 36.3 Å². The third kappa shape index (κ3) is 5.90. The molecule has 4 rings (SSSR count). The van der Waals surface area contributed by atoms with E-state index in [1.165, 1.54) is 23.4 Å². The second-order valence-electron chi connectivity index (χ2n) is 9.47. The summed E-state index contributed by atoms with van der Waals surface area (Å²) in [6.45, 7) is 1.99. The highest BCUT2D eigenvalue weighted by Crippen LogP contribution is 2.38. The highest BCUT2D eigenvalue weighted by atomic mass is 35.5. The maximum atomic E-state index is 15.3. The van der Waals surface area contributed by atoms with E-state index in [1.54, 1.807) is 0 Å². The Morgan fingerprint density at radius 2 is 1.97 bits per heavy atom. The Labute approximate surface area is 226 Å². The molecule has 0 saturated heterocycles. The zero-order valence-electron chi connectivity index (χ0n) is 21.2.